The Hall–Kier alpha value is -1.51. The van der Waals surface area contributed by atoms with Crippen molar-refractivity contribution < 1.29 is 42.1 Å². The van der Waals surface area contributed by atoms with E-state index >= 15 is 0 Å². The second-order valence-corrected chi connectivity index (χ2v) is 23.5. The molecule has 9 nitrogen and oxygen atoms in total. The van der Waals surface area contributed by atoms with Crippen LogP contribution in [-0.2, 0) is 32.7 Å². The highest BCUT2D eigenvalue weighted by Crippen LogP contribution is 2.38. The van der Waals surface area contributed by atoms with Gasteiger partial charge in [0.2, 0.25) is 0 Å². The SMILES string of the molecule is CCC/C=C\CCCCCCCC(=O)OCC(COP(=O)([O-])OCC[N+](C)(C)C)OC(=O)CCCCCCCCCCCCCCCCCCCCCCCCCCC/C=C\CCCCCCCCCC. The highest BCUT2D eigenvalue weighted by atomic mass is 31.2. The fourth-order valence-corrected chi connectivity index (χ4v) is 9.68. The topological polar surface area (TPSA) is 111 Å². The van der Waals surface area contributed by atoms with Crippen LogP contribution in [0, 0.1) is 0 Å². The van der Waals surface area contributed by atoms with Crippen LogP contribution in [0.15, 0.2) is 24.3 Å². The summed E-state index contributed by atoms with van der Waals surface area (Å²) in [5.41, 5.74) is 0. The number of allylic oxidation sites excluding steroid dienone is 4. The molecule has 0 fully saturated rings. The number of carbonyl (C=O) groups is 2. The third-order valence-electron chi connectivity index (χ3n) is 13.7. The van der Waals surface area contributed by atoms with Crippen LogP contribution in [0.2, 0.25) is 0 Å². The molecule has 420 valence electrons. The van der Waals surface area contributed by atoms with Gasteiger partial charge < -0.3 is 27.9 Å². The maximum absolute atomic E-state index is 12.8. The van der Waals surface area contributed by atoms with Crippen LogP contribution in [0.4, 0.5) is 0 Å². The molecule has 0 aromatic heterocycles. The molecule has 71 heavy (non-hydrogen) atoms. The van der Waals surface area contributed by atoms with Crippen molar-refractivity contribution >= 4 is 19.8 Å². The summed E-state index contributed by atoms with van der Waals surface area (Å²) < 4.78 is 34.0. The highest BCUT2D eigenvalue weighted by molar-refractivity contribution is 7.45. The largest absolute Gasteiger partial charge is 0.756 e. The Labute approximate surface area is 440 Å². The Morgan fingerprint density at radius 1 is 0.423 bits per heavy atom. The minimum atomic E-state index is -4.63. The van der Waals surface area contributed by atoms with E-state index in [0.29, 0.717) is 17.4 Å². The number of quaternary nitrogens is 1. The molecule has 2 unspecified atom stereocenters. The first-order valence-electron chi connectivity index (χ1n) is 30.5. The normalized spacial score (nSPS) is 13.4. The number of carbonyl (C=O) groups excluding carboxylic acids is 2. The Bertz CT molecular complexity index is 1250. The van der Waals surface area contributed by atoms with Crippen LogP contribution in [0.5, 0.6) is 0 Å². The minimum Gasteiger partial charge on any atom is -0.756 e. The molecule has 0 aromatic rings. The zero-order valence-corrected chi connectivity index (χ0v) is 48.6. The molecule has 10 heteroatoms. The van der Waals surface area contributed by atoms with Gasteiger partial charge in [-0.05, 0) is 57.8 Å². The van der Waals surface area contributed by atoms with E-state index in [2.05, 4.69) is 38.2 Å². The fourth-order valence-electron chi connectivity index (χ4n) is 8.95. The van der Waals surface area contributed by atoms with E-state index in [1.807, 2.05) is 21.1 Å². The molecule has 2 atom stereocenters. The van der Waals surface area contributed by atoms with Crippen LogP contribution in [0.3, 0.4) is 0 Å². The number of rotatable bonds is 57. The van der Waals surface area contributed by atoms with Crippen molar-refractivity contribution in [1.82, 2.24) is 0 Å². The van der Waals surface area contributed by atoms with Gasteiger partial charge in [-0.25, -0.2) is 0 Å². The second kappa shape index (κ2) is 53.3. The van der Waals surface area contributed by atoms with Gasteiger partial charge >= 0.3 is 11.9 Å². The molecule has 0 N–H and O–H groups in total. The van der Waals surface area contributed by atoms with Crippen LogP contribution in [-0.4, -0.2) is 70.0 Å². The first-order valence-corrected chi connectivity index (χ1v) is 32.0. The molecule has 0 aromatic carbocycles. The highest BCUT2D eigenvalue weighted by Gasteiger charge is 2.22. The molecule has 0 aliphatic heterocycles. The van der Waals surface area contributed by atoms with Crippen LogP contribution < -0.4 is 4.89 Å². The summed E-state index contributed by atoms with van der Waals surface area (Å²) >= 11 is 0. The summed E-state index contributed by atoms with van der Waals surface area (Å²) in [5, 5.41) is 0. The van der Waals surface area contributed by atoms with E-state index < -0.39 is 26.5 Å². The second-order valence-electron chi connectivity index (χ2n) is 22.1. The monoisotopic (exact) mass is 1020 g/mol. The number of phosphoric ester groups is 1. The smallest absolute Gasteiger partial charge is 0.306 e. The number of ether oxygens (including phenoxy) is 2. The maximum atomic E-state index is 12.8. The van der Waals surface area contributed by atoms with Gasteiger partial charge in [-0.3, -0.25) is 14.2 Å². The van der Waals surface area contributed by atoms with Crippen LogP contribution >= 0.6 is 7.82 Å². The number of likely N-dealkylation sites (N-methyl/N-ethyl adjacent to an activating group) is 1. The van der Waals surface area contributed by atoms with Gasteiger partial charge in [0.15, 0.2) is 6.10 Å². The van der Waals surface area contributed by atoms with Crippen LogP contribution in [0.25, 0.3) is 0 Å². The first kappa shape index (κ1) is 69.5. The Kier molecular flexibility index (Phi) is 52.2. The Morgan fingerprint density at radius 3 is 1.10 bits per heavy atom. The molecular formula is C61H118NO8P. The lowest BCUT2D eigenvalue weighted by atomic mass is 10.0. The average molecular weight is 1020 g/mol. The molecular weight excluding hydrogens is 906 g/mol. The lowest BCUT2D eigenvalue weighted by Gasteiger charge is -2.28. The summed E-state index contributed by atoms with van der Waals surface area (Å²) in [6.07, 6.45) is 64.2. The number of hydrogen-bond acceptors (Lipinski definition) is 8. The molecule has 0 aliphatic rings. The summed E-state index contributed by atoms with van der Waals surface area (Å²) in [6, 6.07) is 0. The molecule has 0 spiro atoms. The van der Waals surface area contributed by atoms with E-state index in [9.17, 15) is 19.0 Å². The average Bonchev–Trinajstić information content (AvgIpc) is 3.33. The molecule has 0 bridgehead atoms. The minimum absolute atomic E-state index is 0.0295. The summed E-state index contributed by atoms with van der Waals surface area (Å²) in [5.74, 6) is -0.833. The lowest BCUT2D eigenvalue weighted by Crippen LogP contribution is -2.37. The van der Waals surface area contributed by atoms with Gasteiger partial charge in [0.05, 0.1) is 27.7 Å². The van der Waals surface area contributed by atoms with E-state index in [1.54, 1.807) is 0 Å². The summed E-state index contributed by atoms with van der Waals surface area (Å²) in [7, 11) is 1.17. The Morgan fingerprint density at radius 2 is 0.746 bits per heavy atom. The van der Waals surface area contributed by atoms with E-state index in [-0.39, 0.29) is 32.0 Å². The van der Waals surface area contributed by atoms with Crippen molar-refractivity contribution in [1.29, 1.82) is 0 Å². The fraction of sp³-hybridized carbons (Fsp3) is 0.902. The molecule has 0 aliphatic carbocycles. The zero-order chi connectivity index (χ0) is 52.0. The van der Waals surface area contributed by atoms with Gasteiger partial charge in [0, 0.05) is 12.8 Å². The van der Waals surface area contributed by atoms with Crippen molar-refractivity contribution in [2.24, 2.45) is 0 Å². The first-order chi connectivity index (χ1) is 34.5. The third-order valence-corrected chi connectivity index (χ3v) is 14.6. The van der Waals surface area contributed by atoms with Gasteiger partial charge in [-0.1, -0.05) is 256 Å². The zero-order valence-electron chi connectivity index (χ0n) is 47.7. The van der Waals surface area contributed by atoms with Gasteiger partial charge in [0.1, 0.15) is 19.8 Å². The van der Waals surface area contributed by atoms with E-state index in [0.717, 1.165) is 57.8 Å². The standard InChI is InChI=1S/C61H118NO8P/c1-6-8-10-12-14-16-18-19-20-21-22-23-24-25-26-27-28-29-30-31-32-33-34-35-36-37-38-39-40-41-42-43-44-46-48-50-52-54-61(64)70-59(58-69-71(65,66)68-56-55-62(3,4)5)57-67-60(63)53-51-49-47-45-17-15-13-11-9-7-2/h11,13,21-22,59H,6-10,12,14-20,23-58H2,1-5H3/b13-11-,22-21-. The van der Waals surface area contributed by atoms with Crippen molar-refractivity contribution in [3.63, 3.8) is 0 Å². The number of nitrogens with zero attached hydrogens (tertiary/aromatic N) is 1. The summed E-state index contributed by atoms with van der Waals surface area (Å²) in [4.78, 5) is 37.7. The van der Waals surface area contributed by atoms with Gasteiger partial charge in [0.25, 0.3) is 7.82 Å². The number of phosphoric acid groups is 1. The lowest BCUT2D eigenvalue weighted by molar-refractivity contribution is -0.870. The molecule has 0 radical (unpaired) electrons. The number of esters is 2. The van der Waals surface area contributed by atoms with E-state index in [1.165, 1.54) is 212 Å². The predicted molar refractivity (Wildman–Crippen MR) is 301 cm³/mol. The predicted octanol–water partition coefficient (Wildman–Crippen LogP) is 18.4. The molecule has 0 saturated heterocycles. The van der Waals surface area contributed by atoms with Crippen molar-refractivity contribution in [2.75, 3.05) is 47.5 Å². The molecule has 0 amide bonds. The third kappa shape index (κ3) is 57.6. The van der Waals surface area contributed by atoms with Gasteiger partial charge in [-0.2, -0.15) is 0 Å². The van der Waals surface area contributed by atoms with Crippen molar-refractivity contribution in [3.05, 3.63) is 24.3 Å². The molecule has 0 rings (SSSR count). The van der Waals surface area contributed by atoms with Gasteiger partial charge in [-0.15, -0.1) is 0 Å². The van der Waals surface area contributed by atoms with Crippen molar-refractivity contribution in [3.8, 4) is 0 Å². The molecule has 0 heterocycles. The maximum Gasteiger partial charge on any atom is 0.306 e. The van der Waals surface area contributed by atoms with E-state index in [4.69, 9.17) is 18.5 Å². The number of hydrogen-bond donors (Lipinski definition) is 0. The Balaban J connectivity index is 3.83. The quantitative estimate of drug-likeness (QED) is 0.0195. The number of unbranched alkanes of at least 4 members (excludes halogenated alkanes) is 39. The van der Waals surface area contributed by atoms with Crippen LogP contribution in [0.1, 0.15) is 303 Å². The summed E-state index contributed by atoms with van der Waals surface area (Å²) in [6.45, 7) is 4.20. The van der Waals surface area contributed by atoms with Crippen molar-refractivity contribution in [2.45, 2.75) is 309 Å². The molecule has 0 saturated carbocycles.